The van der Waals surface area contributed by atoms with Crippen molar-refractivity contribution in [3.8, 4) is 0 Å². The molecule has 0 radical (unpaired) electrons. The minimum atomic E-state index is 0.0877. The molecule has 3 amide bonds. The highest BCUT2D eigenvalue weighted by Crippen LogP contribution is 2.23. The predicted octanol–water partition coefficient (Wildman–Crippen LogP) is 1.39. The van der Waals surface area contributed by atoms with Crippen LogP contribution in [0.2, 0.25) is 0 Å². The minimum absolute atomic E-state index is 0.0877. The lowest BCUT2D eigenvalue weighted by Crippen LogP contribution is -2.50. The summed E-state index contributed by atoms with van der Waals surface area (Å²) in [6.07, 6.45) is 3.62. The molecule has 0 aromatic carbocycles. The molecule has 2 rings (SSSR count). The summed E-state index contributed by atoms with van der Waals surface area (Å²) in [6, 6.07) is 0.929. The molecule has 0 aromatic heterocycles. The monoisotopic (exact) mass is 368 g/mol. The predicted molar refractivity (Wildman–Crippen MR) is 102 cm³/mol. The third-order valence-electron chi connectivity index (χ3n) is 5.23. The number of carbonyl (C=O) groups excluding carboxylic acids is 2. The zero-order chi connectivity index (χ0) is 19.1. The first-order chi connectivity index (χ1) is 12.4. The van der Waals surface area contributed by atoms with Crippen LogP contribution in [0, 0.1) is 5.92 Å². The van der Waals surface area contributed by atoms with E-state index in [0.717, 1.165) is 52.1 Å². The smallest absolute Gasteiger partial charge is 0.319 e. The van der Waals surface area contributed by atoms with Crippen molar-refractivity contribution in [1.29, 1.82) is 0 Å². The van der Waals surface area contributed by atoms with Gasteiger partial charge in [0, 0.05) is 72.0 Å². The lowest BCUT2D eigenvalue weighted by molar-refractivity contribution is -0.121. The Bertz CT molecular complexity index is 464. The van der Waals surface area contributed by atoms with Crippen LogP contribution in [0.15, 0.2) is 0 Å². The highest BCUT2D eigenvalue weighted by Gasteiger charge is 2.34. The van der Waals surface area contributed by atoms with Crippen molar-refractivity contribution in [1.82, 2.24) is 20.0 Å². The average molecular weight is 369 g/mol. The number of carbonyl (C=O) groups is 2. The molecule has 1 atom stereocenters. The summed E-state index contributed by atoms with van der Waals surface area (Å²) >= 11 is 0. The van der Waals surface area contributed by atoms with Crippen LogP contribution < -0.4 is 5.32 Å². The van der Waals surface area contributed by atoms with E-state index in [0.29, 0.717) is 31.0 Å². The van der Waals surface area contributed by atoms with E-state index < -0.39 is 0 Å². The van der Waals surface area contributed by atoms with Gasteiger partial charge in [0.1, 0.15) is 0 Å². The molecule has 1 N–H and O–H groups in total. The number of hydrogen-bond acceptors (Lipinski definition) is 4. The second kappa shape index (κ2) is 10.1. The first-order valence-corrected chi connectivity index (χ1v) is 9.95. The Balaban J connectivity index is 1.91. The van der Waals surface area contributed by atoms with Gasteiger partial charge in [-0.2, -0.15) is 0 Å². The number of hydrogen-bond donors (Lipinski definition) is 1. The fourth-order valence-electron chi connectivity index (χ4n) is 3.92. The number of rotatable bonds is 7. The molecule has 0 spiro atoms. The largest absolute Gasteiger partial charge is 0.381 e. The van der Waals surface area contributed by atoms with Gasteiger partial charge in [0.25, 0.3) is 0 Å². The fourth-order valence-corrected chi connectivity index (χ4v) is 3.92. The van der Waals surface area contributed by atoms with Gasteiger partial charge in [-0.25, -0.2) is 4.79 Å². The Morgan fingerprint density at radius 3 is 2.46 bits per heavy atom. The molecule has 2 saturated heterocycles. The van der Waals surface area contributed by atoms with Gasteiger partial charge in [0.2, 0.25) is 5.91 Å². The van der Waals surface area contributed by atoms with E-state index in [9.17, 15) is 9.59 Å². The van der Waals surface area contributed by atoms with Crippen LogP contribution in [0.1, 0.15) is 39.5 Å². The molecule has 2 aliphatic heterocycles. The first kappa shape index (κ1) is 21.0. The van der Waals surface area contributed by atoms with Crippen LogP contribution in [0.5, 0.6) is 0 Å². The Kier molecular flexibility index (Phi) is 8.15. The topological polar surface area (TPSA) is 65.1 Å². The number of urea groups is 1. The second-order valence-electron chi connectivity index (χ2n) is 8.09. The molecule has 150 valence electrons. The van der Waals surface area contributed by atoms with E-state index in [1.54, 1.807) is 19.0 Å². The molecule has 0 saturated carbocycles. The van der Waals surface area contributed by atoms with Gasteiger partial charge >= 0.3 is 6.03 Å². The van der Waals surface area contributed by atoms with Gasteiger partial charge in [-0.15, -0.1) is 0 Å². The summed E-state index contributed by atoms with van der Waals surface area (Å²) in [7, 11) is 3.60. The van der Waals surface area contributed by atoms with Gasteiger partial charge in [-0.3, -0.25) is 9.69 Å². The van der Waals surface area contributed by atoms with E-state index in [4.69, 9.17) is 4.74 Å². The zero-order valence-electron chi connectivity index (χ0n) is 16.9. The van der Waals surface area contributed by atoms with Crippen molar-refractivity contribution < 1.29 is 14.3 Å². The van der Waals surface area contributed by atoms with Gasteiger partial charge in [0.05, 0.1) is 0 Å². The first-order valence-electron chi connectivity index (χ1n) is 9.95. The van der Waals surface area contributed by atoms with Crippen molar-refractivity contribution in [3.63, 3.8) is 0 Å². The molecule has 26 heavy (non-hydrogen) atoms. The summed E-state index contributed by atoms with van der Waals surface area (Å²) in [6.45, 7) is 8.80. The van der Waals surface area contributed by atoms with Crippen LogP contribution in [-0.2, 0) is 9.53 Å². The van der Waals surface area contributed by atoms with E-state index in [1.165, 1.54) is 0 Å². The zero-order valence-corrected chi connectivity index (χ0v) is 16.9. The second-order valence-corrected chi connectivity index (χ2v) is 8.09. The van der Waals surface area contributed by atoms with Crippen molar-refractivity contribution in [2.75, 3.05) is 53.5 Å². The maximum atomic E-state index is 12.3. The van der Waals surface area contributed by atoms with Crippen LogP contribution >= 0.6 is 0 Å². The maximum Gasteiger partial charge on any atom is 0.319 e. The average Bonchev–Trinajstić information content (AvgIpc) is 3.07. The third kappa shape index (κ3) is 6.13. The molecule has 0 bridgehead atoms. The highest BCUT2D eigenvalue weighted by atomic mass is 16.5. The molecular formula is C19H36N4O3. The van der Waals surface area contributed by atoms with E-state index in [1.807, 2.05) is 4.90 Å². The van der Waals surface area contributed by atoms with Crippen LogP contribution in [0.25, 0.3) is 0 Å². The molecule has 2 heterocycles. The van der Waals surface area contributed by atoms with Crippen LogP contribution in [-0.4, -0.2) is 92.2 Å². The summed E-state index contributed by atoms with van der Waals surface area (Å²) in [4.78, 5) is 30.3. The SMILES string of the molecule is CC(C)CC(=O)NCCN(C1CCOCC1)C1CCN(C(=O)N(C)C)C1. The van der Waals surface area contributed by atoms with E-state index in [-0.39, 0.29) is 11.9 Å². The Labute approximate surface area is 158 Å². The number of likely N-dealkylation sites (tertiary alicyclic amines) is 1. The normalized spacial score (nSPS) is 21.5. The lowest BCUT2D eigenvalue weighted by atomic mass is 10.0. The molecule has 7 nitrogen and oxygen atoms in total. The molecular weight excluding hydrogens is 332 g/mol. The fraction of sp³-hybridized carbons (Fsp3) is 0.895. The van der Waals surface area contributed by atoms with Gasteiger partial charge < -0.3 is 19.9 Å². The van der Waals surface area contributed by atoms with Gasteiger partial charge in [0.15, 0.2) is 0 Å². The summed E-state index contributed by atoms with van der Waals surface area (Å²) in [5.41, 5.74) is 0. The van der Waals surface area contributed by atoms with E-state index >= 15 is 0 Å². The quantitative estimate of drug-likeness (QED) is 0.737. The lowest BCUT2D eigenvalue weighted by Gasteiger charge is -2.38. The van der Waals surface area contributed by atoms with E-state index in [2.05, 4.69) is 24.1 Å². The molecule has 0 aliphatic carbocycles. The molecule has 2 aliphatic rings. The highest BCUT2D eigenvalue weighted by molar-refractivity contribution is 5.76. The van der Waals surface area contributed by atoms with Crippen LogP contribution in [0.3, 0.4) is 0 Å². The number of nitrogens with zero attached hydrogens (tertiary/aromatic N) is 3. The Hall–Kier alpha value is -1.34. The van der Waals surface area contributed by atoms with Crippen molar-refractivity contribution in [2.45, 2.75) is 51.6 Å². The summed E-state index contributed by atoms with van der Waals surface area (Å²) in [5.74, 6) is 0.504. The number of amides is 3. The van der Waals surface area contributed by atoms with Crippen molar-refractivity contribution in [3.05, 3.63) is 0 Å². The van der Waals surface area contributed by atoms with Gasteiger partial charge in [-0.05, 0) is 25.2 Å². The Morgan fingerprint density at radius 2 is 1.85 bits per heavy atom. The summed E-state index contributed by atoms with van der Waals surface area (Å²) < 4.78 is 5.52. The molecule has 2 fully saturated rings. The maximum absolute atomic E-state index is 12.3. The van der Waals surface area contributed by atoms with Gasteiger partial charge in [-0.1, -0.05) is 13.8 Å². The molecule has 7 heteroatoms. The molecule has 0 aromatic rings. The minimum Gasteiger partial charge on any atom is -0.381 e. The third-order valence-corrected chi connectivity index (χ3v) is 5.23. The van der Waals surface area contributed by atoms with Crippen LogP contribution in [0.4, 0.5) is 4.79 Å². The van der Waals surface area contributed by atoms with Crippen molar-refractivity contribution >= 4 is 11.9 Å². The summed E-state index contributed by atoms with van der Waals surface area (Å²) in [5, 5.41) is 3.06. The molecule has 1 unspecified atom stereocenters. The van der Waals surface area contributed by atoms with Crippen molar-refractivity contribution in [2.24, 2.45) is 5.92 Å². The Morgan fingerprint density at radius 1 is 1.15 bits per heavy atom. The number of ether oxygens (including phenoxy) is 1. The standard InChI is InChI=1S/C19H36N4O3/c1-15(2)13-18(24)20-8-10-23(16-6-11-26-12-7-16)17-5-9-22(14-17)19(25)21(3)4/h15-17H,5-14H2,1-4H3,(H,20,24). The number of nitrogens with one attached hydrogen (secondary N) is 1.